The Labute approximate surface area is 145 Å². The number of rotatable bonds is 7. The highest BCUT2D eigenvalue weighted by molar-refractivity contribution is 6.41. The van der Waals surface area contributed by atoms with Crippen LogP contribution in [0, 0.1) is 0 Å². The third-order valence-corrected chi connectivity index (χ3v) is 3.89. The van der Waals surface area contributed by atoms with E-state index in [1.807, 2.05) is 11.8 Å². The summed E-state index contributed by atoms with van der Waals surface area (Å²) in [6.45, 7) is 3.41. The zero-order valence-electron chi connectivity index (χ0n) is 13.9. The Kier molecular flexibility index (Phi) is 6.10. The highest BCUT2D eigenvalue weighted by atomic mass is 16.5. The molecular weight excluding hydrogens is 329 g/mol. The number of carboxylic acids is 1. The number of guanidine groups is 1. The largest absolute Gasteiger partial charge is 0.507 e. The first-order valence-corrected chi connectivity index (χ1v) is 7.99. The van der Waals surface area contributed by atoms with Crippen molar-refractivity contribution in [2.75, 3.05) is 19.6 Å². The summed E-state index contributed by atoms with van der Waals surface area (Å²) in [6.07, 6.45) is -0.139. The molecule has 136 valence electrons. The third kappa shape index (κ3) is 4.55. The number of phenols is 1. The lowest BCUT2D eigenvalue weighted by molar-refractivity contribution is 0.0591. The van der Waals surface area contributed by atoms with Crippen LogP contribution < -0.4 is 10.5 Å². The van der Waals surface area contributed by atoms with Gasteiger partial charge in [-0.2, -0.15) is 0 Å². The molecule has 0 radical (unpaired) electrons. The van der Waals surface area contributed by atoms with E-state index in [0.717, 1.165) is 0 Å². The molecule has 0 atom stereocenters. The van der Waals surface area contributed by atoms with E-state index in [4.69, 9.17) is 20.5 Å². The molecular formula is C15H22BN3O6. The van der Waals surface area contributed by atoms with E-state index < -0.39 is 18.8 Å². The lowest BCUT2D eigenvalue weighted by Gasteiger charge is -2.39. The van der Waals surface area contributed by atoms with Crippen molar-refractivity contribution in [3.05, 3.63) is 23.3 Å². The van der Waals surface area contributed by atoms with Crippen LogP contribution >= 0.6 is 0 Å². The number of aryl methyl sites for hydroxylation is 1. The van der Waals surface area contributed by atoms with Gasteiger partial charge in [0.2, 0.25) is 0 Å². The molecule has 1 aromatic rings. The predicted molar refractivity (Wildman–Crippen MR) is 91.9 cm³/mol. The Balaban J connectivity index is 2.10. The summed E-state index contributed by atoms with van der Waals surface area (Å²) < 4.78 is 5.67. The normalized spacial score (nSPS) is 15.0. The number of ether oxygens (including phenoxy) is 1. The number of hydrogen-bond donors (Lipinski definition) is 5. The van der Waals surface area contributed by atoms with E-state index in [0.29, 0.717) is 31.2 Å². The van der Waals surface area contributed by atoms with Gasteiger partial charge in [-0.05, 0) is 31.3 Å². The van der Waals surface area contributed by atoms with Crippen molar-refractivity contribution < 1.29 is 29.8 Å². The predicted octanol–water partition coefficient (Wildman–Crippen LogP) is -0.497. The maximum Gasteiger partial charge on any atom is 0.451 e. The quantitative estimate of drug-likeness (QED) is 0.251. The average Bonchev–Trinajstić information content (AvgIpc) is 2.49. The van der Waals surface area contributed by atoms with Gasteiger partial charge >= 0.3 is 13.1 Å². The molecule has 1 heterocycles. The van der Waals surface area contributed by atoms with Gasteiger partial charge in [-0.25, -0.2) is 4.79 Å². The van der Waals surface area contributed by atoms with Crippen LogP contribution in [0.5, 0.6) is 11.5 Å². The van der Waals surface area contributed by atoms with E-state index in [2.05, 4.69) is 4.99 Å². The summed E-state index contributed by atoms with van der Waals surface area (Å²) in [4.78, 5) is 17.4. The van der Waals surface area contributed by atoms with Crippen LogP contribution in [-0.4, -0.2) is 69.9 Å². The SMILES string of the molecule is CCN=C(N)N1CC(Oc2ccc(CCB(O)O)c(O)c2C(=O)O)C1. The molecule has 1 aliphatic heterocycles. The number of hydrogen-bond acceptors (Lipinski definition) is 6. The lowest BCUT2D eigenvalue weighted by Crippen LogP contribution is -2.58. The van der Waals surface area contributed by atoms with Gasteiger partial charge < -0.3 is 35.6 Å². The monoisotopic (exact) mass is 351 g/mol. The van der Waals surface area contributed by atoms with Crippen molar-refractivity contribution in [2.45, 2.75) is 25.8 Å². The molecule has 0 bridgehead atoms. The van der Waals surface area contributed by atoms with Crippen molar-refractivity contribution in [3.8, 4) is 11.5 Å². The van der Waals surface area contributed by atoms with E-state index in [1.54, 1.807) is 0 Å². The van der Waals surface area contributed by atoms with Crippen LogP contribution in [0.3, 0.4) is 0 Å². The van der Waals surface area contributed by atoms with Gasteiger partial charge in [0.1, 0.15) is 23.2 Å². The first-order chi connectivity index (χ1) is 11.8. The number of aliphatic imine (C=N–C) groups is 1. The second-order valence-electron chi connectivity index (χ2n) is 5.75. The summed E-state index contributed by atoms with van der Waals surface area (Å²) in [5.41, 5.74) is 5.75. The number of likely N-dealkylation sites (tertiary alicyclic amines) is 1. The first-order valence-electron chi connectivity index (χ1n) is 7.99. The van der Waals surface area contributed by atoms with Gasteiger partial charge in [0, 0.05) is 6.54 Å². The fourth-order valence-electron chi connectivity index (χ4n) is 2.55. The standard InChI is InChI=1S/C15H22BN3O6/c1-2-18-15(17)19-7-10(8-19)25-11-4-3-9(5-6-16(23)24)13(20)12(11)14(21)22/h3-4,10,20,23-24H,2,5-8H2,1H3,(H2,17,18)(H,21,22). The molecule has 10 heteroatoms. The second-order valence-corrected chi connectivity index (χ2v) is 5.75. The van der Waals surface area contributed by atoms with Crippen molar-refractivity contribution in [3.63, 3.8) is 0 Å². The number of carbonyl (C=O) groups is 1. The van der Waals surface area contributed by atoms with Crippen molar-refractivity contribution in [1.29, 1.82) is 0 Å². The zero-order valence-corrected chi connectivity index (χ0v) is 13.9. The molecule has 0 unspecified atom stereocenters. The number of aromatic hydroxyl groups is 1. The molecule has 6 N–H and O–H groups in total. The van der Waals surface area contributed by atoms with Gasteiger partial charge in [-0.3, -0.25) is 4.99 Å². The summed E-state index contributed by atoms with van der Waals surface area (Å²) in [6, 6.07) is 2.98. The summed E-state index contributed by atoms with van der Waals surface area (Å²) >= 11 is 0. The Morgan fingerprint density at radius 3 is 2.68 bits per heavy atom. The Bertz CT molecular complexity index is 661. The summed E-state index contributed by atoms with van der Waals surface area (Å²) in [5, 5.41) is 37.4. The maximum atomic E-state index is 11.5. The zero-order chi connectivity index (χ0) is 18.6. The molecule has 0 aliphatic carbocycles. The average molecular weight is 351 g/mol. The Hall–Kier alpha value is -2.46. The minimum Gasteiger partial charge on any atom is -0.507 e. The molecule has 2 rings (SSSR count). The topological polar surface area (TPSA) is 149 Å². The number of benzene rings is 1. The summed E-state index contributed by atoms with van der Waals surface area (Å²) in [5.74, 6) is -1.26. The number of nitrogens with zero attached hydrogens (tertiary/aromatic N) is 2. The molecule has 1 aromatic carbocycles. The Morgan fingerprint density at radius 1 is 1.44 bits per heavy atom. The van der Waals surface area contributed by atoms with Gasteiger partial charge in [0.05, 0.1) is 13.1 Å². The minimum atomic E-state index is -1.53. The van der Waals surface area contributed by atoms with Gasteiger partial charge in [-0.1, -0.05) is 6.07 Å². The smallest absolute Gasteiger partial charge is 0.451 e. The van der Waals surface area contributed by atoms with E-state index in [1.165, 1.54) is 12.1 Å². The van der Waals surface area contributed by atoms with Crippen molar-refractivity contribution in [1.82, 2.24) is 4.90 Å². The molecule has 25 heavy (non-hydrogen) atoms. The number of carboxylic acid groups (broad SMARTS) is 1. The van der Waals surface area contributed by atoms with Crippen LogP contribution in [0.15, 0.2) is 17.1 Å². The fourth-order valence-corrected chi connectivity index (χ4v) is 2.55. The molecule has 0 amide bonds. The molecule has 9 nitrogen and oxygen atoms in total. The molecule has 0 saturated carbocycles. The fraction of sp³-hybridized carbons (Fsp3) is 0.467. The third-order valence-electron chi connectivity index (χ3n) is 3.89. The van der Waals surface area contributed by atoms with Crippen LogP contribution in [-0.2, 0) is 6.42 Å². The van der Waals surface area contributed by atoms with Crippen LogP contribution in [0.1, 0.15) is 22.8 Å². The van der Waals surface area contributed by atoms with Crippen molar-refractivity contribution >= 4 is 19.0 Å². The van der Waals surface area contributed by atoms with E-state index >= 15 is 0 Å². The number of aromatic carboxylic acids is 1. The maximum absolute atomic E-state index is 11.5. The lowest BCUT2D eigenvalue weighted by atomic mass is 9.82. The highest BCUT2D eigenvalue weighted by Gasteiger charge is 2.32. The van der Waals surface area contributed by atoms with Crippen molar-refractivity contribution in [2.24, 2.45) is 10.7 Å². The van der Waals surface area contributed by atoms with Crippen LogP contribution in [0.2, 0.25) is 6.32 Å². The van der Waals surface area contributed by atoms with Gasteiger partial charge in [-0.15, -0.1) is 0 Å². The van der Waals surface area contributed by atoms with E-state index in [-0.39, 0.29) is 30.2 Å². The molecule has 1 saturated heterocycles. The molecule has 1 aliphatic rings. The minimum absolute atomic E-state index is 0.0134. The first kappa shape index (κ1) is 18.9. The highest BCUT2D eigenvalue weighted by Crippen LogP contribution is 2.33. The van der Waals surface area contributed by atoms with Gasteiger partial charge in [0.25, 0.3) is 0 Å². The van der Waals surface area contributed by atoms with Crippen LogP contribution in [0.4, 0.5) is 0 Å². The number of nitrogens with two attached hydrogens (primary N) is 1. The second kappa shape index (κ2) is 8.08. The van der Waals surface area contributed by atoms with Gasteiger partial charge in [0.15, 0.2) is 5.96 Å². The summed E-state index contributed by atoms with van der Waals surface area (Å²) in [7, 11) is -1.53. The van der Waals surface area contributed by atoms with E-state index in [9.17, 15) is 15.0 Å². The molecule has 0 aromatic heterocycles. The Morgan fingerprint density at radius 2 is 2.12 bits per heavy atom. The van der Waals surface area contributed by atoms with Crippen LogP contribution in [0.25, 0.3) is 0 Å². The molecule has 0 spiro atoms. The molecule has 1 fully saturated rings.